The number of nitrogens with two attached hydrogens (primary N) is 1. The minimum Gasteiger partial charge on any atom is -0.324 e. The monoisotopic (exact) mass is 198 g/mol. The molecule has 0 rings (SSSR count). The summed E-state index contributed by atoms with van der Waals surface area (Å²) in [7, 11) is 1.46. The second-order valence-corrected chi connectivity index (χ2v) is 2.85. The lowest BCUT2D eigenvalue weighted by Crippen LogP contribution is -2.32. The van der Waals surface area contributed by atoms with E-state index in [9.17, 15) is 18.0 Å². The van der Waals surface area contributed by atoms with Crippen molar-refractivity contribution in [2.75, 3.05) is 26.7 Å². The Morgan fingerprint density at radius 2 is 2.00 bits per heavy atom. The van der Waals surface area contributed by atoms with E-state index in [-0.39, 0.29) is 25.4 Å². The first-order valence-corrected chi connectivity index (χ1v) is 3.82. The zero-order chi connectivity index (χ0) is 10.5. The van der Waals surface area contributed by atoms with E-state index in [4.69, 9.17) is 5.73 Å². The van der Waals surface area contributed by atoms with E-state index in [2.05, 4.69) is 0 Å². The lowest BCUT2D eigenvalue weighted by molar-refractivity contribution is -0.138. The van der Waals surface area contributed by atoms with Crippen molar-refractivity contribution in [3.8, 4) is 0 Å². The van der Waals surface area contributed by atoms with Crippen LogP contribution in [0.25, 0.3) is 0 Å². The van der Waals surface area contributed by atoms with Crippen LogP contribution in [0, 0.1) is 0 Å². The fraction of sp³-hybridized carbons (Fsp3) is 0.857. The smallest absolute Gasteiger partial charge is 0.324 e. The Kier molecular flexibility index (Phi) is 4.94. The summed E-state index contributed by atoms with van der Waals surface area (Å²) in [5, 5.41) is 0. The Hall–Kier alpha value is -0.620. The Morgan fingerprint density at radius 3 is 2.38 bits per heavy atom. The number of ketones is 1. The predicted molar refractivity (Wildman–Crippen MR) is 42.2 cm³/mol. The molecule has 0 radical (unpaired) electrons. The van der Waals surface area contributed by atoms with Crippen LogP contribution in [0.1, 0.15) is 6.42 Å². The zero-order valence-electron chi connectivity index (χ0n) is 7.40. The first-order chi connectivity index (χ1) is 5.85. The summed E-state index contributed by atoms with van der Waals surface area (Å²) in [6.45, 7) is -0.321. The van der Waals surface area contributed by atoms with E-state index in [1.165, 1.54) is 11.9 Å². The van der Waals surface area contributed by atoms with Gasteiger partial charge in [-0.05, 0) is 7.05 Å². The highest BCUT2D eigenvalue weighted by atomic mass is 19.4. The molecule has 2 N–H and O–H groups in total. The van der Waals surface area contributed by atoms with Gasteiger partial charge in [0.2, 0.25) is 0 Å². The lowest BCUT2D eigenvalue weighted by atomic mass is 10.3. The topological polar surface area (TPSA) is 46.3 Å². The van der Waals surface area contributed by atoms with Gasteiger partial charge in [-0.25, -0.2) is 0 Å². The summed E-state index contributed by atoms with van der Waals surface area (Å²) in [6, 6.07) is 0. The highest BCUT2D eigenvalue weighted by molar-refractivity contribution is 5.82. The quantitative estimate of drug-likeness (QED) is 0.695. The maximum Gasteiger partial charge on any atom is 0.390 e. The highest BCUT2D eigenvalue weighted by Gasteiger charge is 2.27. The third kappa shape index (κ3) is 7.73. The van der Waals surface area contributed by atoms with Crippen LogP contribution in [0.5, 0.6) is 0 Å². The van der Waals surface area contributed by atoms with Gasteiger partial charge in [0.15, 0.2) is 5.78 Å². The first-order valence-electron chi connectivity index (χ1n) is 3.82. The van der Waals surface area contributed by atoms with Gasteiger partial charge in [-0.15, -0.1) is 0 Å². The van der Waals surface area contributed by atoms with E-state index < -0.39 is 12.6 Å². The molecule has 0 heterocycles. The van der Waals surface area contributed by atoms with E-state index in [1.54, 1.807) is 0 Å². The van der Waals surface area contributed by atoms with E-state index in [0.29, 0.717) is 0 Å². The number of alkyl halides is 3. The number of halogens is 3. The number of carbonyl (C=O) groups is 1. The molecule has 0 aromatic rings. The van der Waals surface area contributed by atoms with E-state index >= 15 is 0 Å². The third-order valence-electron chi connectivity index (χ3n) is 1.45. The van der Waals surface area contributed by atoms with Gasteiger partial charge in [0.1, 0.15) is 0 Å². The second-order valence-electron chi connectivity index (χ2n) is 2.85. The minimum absolute atomic E-state index is 0.0212. The summed E-state index contributed by atoms with van der Waals surface area (Å²) in [5.41, 5.74) is 5.00. The van der Waals surface area contributed by atoms with Gasteiger partial charge >= 0.3 is 6.18 Å². The molecule has 0 atom stereocenters. The number of nitrogens with zero attached hydrogens (tertiary/aromatic N) is 1. The Morgan fingerprint density at radius 1 is 1.46 bits per heavy atom. The second kappa shape index (κ2) is 5.18. The lowest BCUT2D eigenvalue weighted by Gasteiger charge is -2.16. The zero-order valence-corrected chi connectivity index (χ0v) is 7.40. The predicted octanol–water partition coefficient (Wildman–Crippen LogP) is 0.398. The SMILES string of the molecule is CN(CCC(F)(F)F)CC(=O)CN. The molecule has 0 spiro atoms. The normalized spacial score (nSPS) is 12.2. The van der Waals surface area contributed by atoms with E-state index in [1.807, 2.05) is 0 Å². The van der Waals surface area contributed by atoms with Gasteiger partial charge in [0, 0.05) is 6.54 Å². The maximum atomic E-state index is 11.7. The summed E-state index contributed by atoms with van der Waals surface area (Å²) in [4.78, 5) is 12.0. The van der Waals surface area contributed by atoms with Crippen molar-refractivity contribution in [2.24, 2.45) is 5.73 Å². The Labute approximate surface area is 74.7 Å². The van der Waals surface area contributed by atoms with Crippen LogP contribution in [-0.4, -0.2) is 43.5 Å². The number of hydrogen-bond donors (Lipinski definition) is 1. The van der Waals surface area contributed by atoms with Crippen molar-refractivity contribution in [1.29, 1.82) is 0 Å². The summed E-state index contributed by atoms with van der Waals surface area (Å²) >= 11 is 0. The van der Waals surface area contributed by atoms with E-state index in [0.717, 1.165) is 0 Å². The number of Topliss-reactive ketones (excluding diaryl/α,β-unsaturated/α-hetero) is 1. The Bertz CT molecular complexity index is 170. The van der Waals surface area contributed by atoms with Crippen LogP contribution < -0.4 is 5.73 Å². The van der Waals surface area contributed by atoms with Crippen molar-refractivity contribution in [2.45, 2.75) is 12.6 Å². The summed E-state index contributed by atoms with van der Waals surface area (Å²) in [6.07, 6.45) is -5.07. The molecule has 0 aromatic carbocycles. The van der Waals surface area contributed by atoms with Gasteiger partial charge in [0.25, 0.3) is 0 Å². The van der Waals surface area contributed by atoms with Crippen LogP contribution in [0.15, 0.2) is 0 Å². The molecule has 0 saturated carbocycles. The van der Waals surface area contributed by atoms with Crippen molar-refractivity contribution in [3.63, 3.8) is 0 Å². The Balaban J connectivity index is 3.63. The molecular formula is C7H13F3N2O. The van der Waals surface area contributed by atoms with Gasteiger partial charge in [-0.2, -0.15) is 13.2 Å². The molecule has 3 nitrogen and oxygen atoms in total. The molecule has 0 bridgehead atoms. The van der Waals surface area contributed by atoms with Crippen molar-refractivity contribution < 1.29 is 18.0 Å². The van der Waals surface area contributed by atoms with Crippen LogP contribution in [0.4, 0.5) is 13.2 Å². The number of hydrogen-bond acceptors (Lipinski definition) is 3. The van der Waals surface area contributed by atoms with Crippen molar-refractivity contribution in [3.05, 3.63) is 0 Å². The van der Waals surface area contributed by atoms with Crippen molar-refractivity contribution in [1.82, 2.24) is 4.90 Å². The molecule has 78 valence electrons. The van der Waals surface area contributed by atoms with Gasteiger partial charge in [-0.3, -0.25) is 9.69 Å². The molecule has 0 saturated heterocycles. The molecule has 0 aromatic heterocycles. The largest absolute Gasteiger partial charge is 0.390 e. The van der Waals surface area contributed by atoms with Crippen LogP contribution in [0.3, 0.4) is 0 Å². The first kappa shape index (κ1) is 12.4. The molecule has 0 amide bonds. The molecule has 0 aliphatic carbocycles. The van der Waals surface area contributed by atoms with Gasteiger partial charge < -0.3 is 5.73 Å². The average Bonchev–Trinajstić information content (AvgIpc) is 1.99. The fourth-order valence-corrected chi connectivity index (χ4v) is 0.762. The molecule has 0 aliphatic rings. The molecular weight excluding hydrogens is 185 g/mol. The van der Waals surface area contributed by atoms with Crippen LogP contribution in [0.2, 0.25) is 0 Å². The molecule has 0 fully saturated rings. The standard InChI is InChI=1S/C7H13F3N2O/c1-12(5-6(13)4-11)3-2-7(8,9)10/h2-5,11H2,1H3. The maximum absolute atomic E-state index is 11.7. The molecule has 0 aliphatic heterocycles. The summed E-state index contributed by atoms with van der Waals surface area (Å²) < 4.78 is 35.1. The number of carbonyl (C=O) groups excluding carboxylic acids is 1. The van der Waals surface area contributed by atoms with Crippen LogP contribution in [-0.2, 0) is 4.79 Å². The molecule has 13 heavy (non-hydrogen) atoms. The fourth-order valence-electron chi connectivity index (χ4n) is 0.762. The van der Waals surface area contributed by atoms with Crippen LogP contribution >= 0.6 is 0 Å². The third-order valence-corrected chi connectivity index (χ3v) is 1.45. The number of likely N-dealkylation sites (N-methyl/N-ethyl adjacent to an activating group) is 1. The summed E-state index contributed by atoms with van der Waals surface area (Å²) in [5.74, 6) is -0.260. The molecule has 6 heteroatoms. The van der Waals surface area contributed by atoms with Gasteiger partial charge in [-0.1, -0.05) is 0 Å². The average molecular weight is 198 g/mol. The number of rotatable bonds is 5. The minimum atomic E-state index is -4.17. The molecule has 0 unspecified atom stereocenters. The van der Waals surface area contributed by atoms with Gasteiger partial charge in [0.05, 0.1) is 19.5 Å². The van der Waals surface area contributed by atoms with Crippen molar-refractivity contribution >= 4 is 5.78 Å². The highest BCUT2D eigenvalue weighted by Crippen LogP contribution is 2.19.